The number of fused-ring (bicyclic) bond motifs is 1. The first-order valence-electron chi connectivity index (χ1n) is 12.9. The second-order valence-electron chi connectivity index (χ2n) is 9.63. The van der Waals surface area contributed by atoms with E-state index >= 15 is 0 Å². The van der Waals surface area contributed by atoms with Crippen LogP contribution in [0, 0.1) is 0 Å². The number of amides is 2. The van der Waals surface area contributed by atoms with E-state index < -0.39 is 0 Å². The fraction of sp³-hybridized carbons (Fsp3) is 0.333. The third-order valence-electron chi connectivity index (χ3n) is 7.05. The number of hydrogen-bond donors (Lipinski definition) is 2. The average Bonchev–Trinajstić information content (AvgIpc) is 2.93. The first-order chi connectivity index (χ1) is 17.7. The maximum Gasteiger partial charge on any atom is 0.253 e. The number of thioether (sulfide) groups is 1. The van der Waals surface area contributed by atoms with Crippen molar-refractivity contribution in [3.63, 3.8) is 0 Å². The van der Waals surface area contributed by atoms with Crippen LogP contribution in [0.5, 0.6) is 0 Å². The number of carbonyl (C=O) groups is 2. The van der Waals surface area contributed by atoms with Gasteiger partial charge in [-0.15, -0.1) is 11.8 Å². The summed E-state index contributed by atoms with van der Waals surface area (Å²) in [5, 5.41) is 6.28. The zero-order valence-electron chi connectivity index (χ0n) is 20.5. The van der Waals surface area contributed by atoms with Crippen molar-refractivity contribution in [3.8, 4) is 0 Å². The molecule has 0 aromatic heterocycles. The van der Waals surface area contributed by atoms with Crippen LogP contribution in [0.1, 0.15) is 53.6 Å². The monoisotopic (exact) mass is 499 g/mol. The summed E-state index contributed by atoms with van der Waals surface area (Å²) in [7, 11) is 0. The van der Waals surface area contributed by atoms with Crippen LogP contribution < -0.4 is 15.5 Å². The number of hydrogen-bond acceptors (Lipinski definition) is 4. The lowest BCUT2D eigenvalue weighted by Gasteiger charge is -2.32. The highest BCUT2D eigenvalue weighted by atomic mass is 32.2. The molecule has 0 spiro atoms. The number of anilines is 2. The normalized spacial score (nSPS) is 15.7. The molecule has 0 saturated heterocycles. The summed E-state index contributed by atoms with van der Waals surface area (Å²) in [6, 6.07) is 24.4. The SMILES string of the molecule is O=C(CSc1ccccc1)Nc1ccc(N2CCc3ccccc3C2)c(C(=O)NC2CCCCC2)c1. The molecule has 5 rings (SSSR count). The Balaban J connectivity index is 1.34. The lowest BCUT2D eigenvalue weighted by atomic mass is 9.95. The van der Waals surface area contributed by atoms with E-state index in [9.17, 15) is 9.59 Å². The predicted molar refractivity (Wildman–Crippen MR) is 148 cm³/mol. The quantitative estimate of drug-likeness (QED) is 0.389. The van der Waals surface area contributed by atoms with Crippen molar-refractivity contribution in [2.75, 3.05) is 22.5 Å². The molecule has 0 bridgehead atoms. The molecule has 0 unspecified atom stereocenters. The van der Waals surface area contributed by atoms with Crippen molar-refractivity contribution in [1.29, 1.82) is 0 Å². The van der Waals surface area contributed by atoms with Gasteiger partial charge in [-0.25, -0.2) is 0 Å². The number of carbonyl (C=O) groups excluding carboxylic acids is 2. The van der Waals surface area contributed by atoms with Crippen molar-refractivity contribution >= 4 is 35.0 Å². The Morgan fingerprint density at radius 3 is 2.44 bits per heavy atom. The van der Waals surface area contributed by atoms with E-state index in [1.807, 2.05) is 48.5 Å². The molecule has 1 saturated carbocycles. The fourth-order valence-electron chi connectivity index (χ4n) is 5.15. The van der Waals surface area contributed by atoms with Gasteiger partial charge in [0.1, 0.15) is 0 Å². The van der Waals surface area contributed by atoms with Gasteiger partial charge in [0.25, 0.3) is 5.91 Å². The molecule has 1 aliphatic carbocycles. The molecule has 2 amide bonds. The minimum absolute atomic E-state index is 0.0504. The molecule has 1 aliphatic heterocycles. The molecule has 6 heteroatoms. The van der Waals surface area contributed by atoms with Gasteiger partial charge in [0.05, 0.1) is 11.3 Å². The Hall–Kier alpha value is -3.25. The summed E-state index contributed by atoms with van der Waals surface area (Å²) in [5.74, 6) is 0.186. The maximum atomic E-state index is 13.5. The summed E-state index contributed by atoms with van der Waals surface area (Å²) >= 11 is 1.50. The highest BCUT2D eigenvalue weighted by Gasteiger charge is 2.24. The Labute approximate surface area is 217 Å². The number of benzene rings is 3. The molecule has 36 heavy (non-hydrogen) atoms. The van der Waals surface area contributed by atoms with Gasteiger partial charge in [0.15, 0.2) is 0 Å². The molecule has 1 heterocycles. The van der Waals surface area contributed by atoms with Crippen LogP contribution in [0.2, 0.25) is 0 Å². The Morgan fingerprint density at radius 1 is 0.889 bits per heavy atom. The van der Waals surface area contributed by atoms with Crippen molar-refractivity contribution in [2.24, 2.45) is 0 Å². The standard InChI is InChI=1S/C30H33N3O2S/c34-29(21-36-26-13-5-2-6-14-26)31-25-15-16-28(33-18-17-22-9-7-8-10-23(22)20-33)27(19-25)30(35)32-24-11-3-1-4-12-24/h2,5-10,13-16,19,24H,1,3-4,11-12,17-18,20-21H2,(H,31,34)(H,32,35). The molecule has 3 aromatic rings. The molecular weight excluding hydrogens is 466 g/mol. The van der Waals surface area contributed by atoms with Gasteiger partial charge in [-0.05, 0) is 60.7 Å². The summed E-state index contributed by atoms with van der Waals surface area (Å²) in [6.45, 7) is 1.64. The van der Waals surface area contributed by atoms with E-state index in [1.165, 1.54) is 29.3 Å². The summed E-state index contributed by atoms with van der Waals surface area (Å²) in [6.07, 6.45) is 6.59. The molecule has 2 aliphatic rings. The van der Waals surface area contributed by atoms with E-state index in [4.69, 9.17) is 0 Å². The Morgan fingerprint density at radius 2 is 1.64 bits per heavy atom. The molecule has 0 atom stereocenters. The van der Waals surface area contributed by atoms with Gasteiger partial charge < -0.3 is 15.5 Å². The minimum Gasteiger partial charge on any atom is -0.366 e. The third kappa shape index (κ3) is 6.11. The van der Waals surface area contributed by atoms with Crippen LogP contribution >= 0.6 is 11.8 Å². The summed E-state index contributed by atoms with van der Waals surface area (Å²) < 4.78 is 0. The first kappa shape index (κ1) is 24.4. The fourth-order valence-corrected chi connectivity index (χ4v) is 5.87. The lowest BCUT2D eigenvalue weighted by Crippen LogP contribution is -2.38. The van der Waals surface area contributed by atoms with Gasteiger partial charge in [-0.1, -0.05) is 61.7 Å². The van der Waals surface area contributed by atoms with E-state index in [0.717, 1.165) is 55.8 Å². The second-order valence-corrected chi connectivity index (χ2v) is 10.7. The van der Waals surface area contributed by atoms with Crippen molar-refractivity contribution in [1.82, 2.24) is 5.32 Å². The van der Waals surface area contributed by atoms with Crippen LogP contribution in [0.3, 0.4) is 0 Å². The number of nitrogens with zero attached hydrogens (tertiary/aromatic N) is 1. The zero-order valence-corrected chi connectivity index (χ0v) is 21.4. The van der Waals surface area contributed by atoms with E-state index in [1.54, 1.807) is 0 Å². The first-order valence-corrected chi connectivity index (χ1v) is 13.9. The lowest BCUT2D eigenvalue weighted by molar-refractivity contribution is -0.113. The minimum atomic E-state index is -0.0814. The zero-order chi connectivity index (χ0) is 24.7. The number of rotatable bonds is 7. The van der Waals surface area contributed by atoms with Crippen LogP contribution in [-0.4, -0.2) is 30.2 Å². The highest BCUT2D eigenvalue weighted by Crippen LogP contribution is 2.30. The molecule has 0 radical (unpaired) electrons. The predicted octanol–water partition coefficient (Wildman–Crippen LogP) is 6.04. The van der Waals surface area contributed by atoms with Gasteiger partial charge in [-0.3, -0.25) is 9.59 Å². The molecular formula is C30H33N3O2S. The van der Waals surface area contributed by atoms with Crippen molar-refractivity contribution in [2.45, 2.75) is 56.0 Å². The topological polar surface area (TPSA) is 61.4 Å². The Kier molecular flexibility index (Phi) is 7.91. The molecule has 2 N–H and O–H groups in total. The second kappa shape index (κ2) is 11.7. The van der Waals surface area contributed by atoms with Crippen LogP contribution in [0.4, 0.5) is 11.4 Å². The maximum absolute atomic E-state index is 13.5. The van der Waals surface area contributed by atoms with Crippen LogP contribution in [0.25, 0.3) is 0 Å². The van der Waals surface area contributed by atoms with Gasteiger partial charge in [0, 0.05) is 35.4 Å². The van der Waals surface area contributed by atoms with Gasteiger partial charge >= 0.3 is 0 Å². The molecule has 3 aromatic carbocycles. The average molecular weight is 500 g/mol. The van der Waals surface area contributed by atoms with E-state index in [-0.39, 0.29) is 17.9 Å². The van der Waals surface area contributed by atoms with E-state index in [0.29, 0.717) is 17.0 Å². The summed E-state index contributed by atoms with van der Waals surface area (Å²) in [5.41, 5.74) is 4.89. The van der Waals surface area contributed by atoms with Gasteiger partial charge in [0.2, 0.25) is 5.91 Å². The van der Waals surface area contributed by atoms with Crippen molar-refractivity contribution in [3.05, 3.63) is 89.5 Å². The number of nitrogens with one attached hydrogen (secondary N) is 2. The molecule has 1 fully saturated rings. The molecule has 5 nitrogen and oxygen atoms in total. The third-order valence-corrected chi connectivity index (χ3v) is 8.06. The van der Waals surface area contributed by atoms with Gasteiger partial charge in [-0.2, -0.15) is 0 Å². The summed E-state index contributed by atoms with van der Waals surface area (Å²) in [4.78, 5) is 29.5. The largest absolute Gasteiger partial charge is 0.366 e. The van der Waals surface area contributed by atoms with Crippen LogP contribution in [0.15, 0.2) is 77.7 Å². The van der Waals surface area contributed by atoms with Crippen molar-refractivity contribution < 1.29 is 9.59 Å². The Bertz CT molecular complexity index is 1210. The van der Waals surface area contributed by atoms with Crippen LogP contribution in [-0.2, 0) is 17.8 Å². The van der Waals surface area contributed by atoms with E-state index in [2.05, 4.69) is 39.8 Å². The highest BCUT2D eigenvalue weighted by molar-refractivity contribution is 8.00. The smallest absolute Gasteiger partial charge is 0.253 e. The molecule has 186 valence electrons.